The highest BCUT2D eigenvalue weighted by Crippen LogP contribution is 2.25. The van der Waals surface area contributed by atoms with Crippen LogP contribution in [-0.2, 0) is 0 Å². The van der Waals surface area contributed by atoms with Gasteiger partial charge in [0.15, 0.2) is 0 Å². The topological polar surface area (TPSA) is 66.0 Å². The van der Waals surface area contributed by atoms with Crippen LogP contribution in [0.4, 0.5) is 28.7 Å². The van der Waals surface area contributed by atoms with E-state index in [1.54, 1.807) is 12.5 Å². The first kappa shape index (κ1) is 18.7. The first-order chi connectivity index (χ1) is 14.3. The molecule has 146 valence electrons. The fourth-order valence-corrected chi connectivity index (χ4v) is 3.33. The summed E-state index contributed by atoms with van der Waals surface area (Å²) in [7, 11) is 0. The summed E-state index contributed by atoms with van der Waals surface area (Å²) in [4.78, 5) is 15.5. The van der Waals surface area contributed by atoms with Gasteiger partial charge < -0.3 is 15.5 Å². The normalized spacial score (nSPS) is 10.7. The van der Waals surface area contributed by atoms with Gasteiger partial charge in [0.25, 0.3) is 0 Å². The van der Waals surface area contributed by atoms with E-state index >= 15 is 0 Å². The van der Waals surface area contributed by atoms with Crippen LogP contribution in [0, 0.1) is 0 Å². The van der Waals surface area contributed by atoms with Gasteiger partial charge in [0.1, 0.15) is 18.0 Å². The number of hydrogen-bond acceptors (Lipinski definition) is 6. The summed E-state index contributed by atoms with van der Waals surface area (Å²) < 4.78 is 0. The molecule has 29 heavy (non-hydrogen) atoms. The molecule has 0 bridgehead atoms. The molecule has 0 unspecified atom stereocenters. The Kier molecular flexibility index (Phi) is 5.52. The quantitative estimate of drug-likeness (QED) is 0.447. The van der Waals surface area contributed by atoms with Crippen molar-refractivity contribution in [2.24, 2.45) is 0 Å². The van der Waals surface area contributed by atoms with Crippen molar-refractivity contribution >= 4 is 39.6 Å². The molecule has 0 aliphatic heterocycles. The Hall–Kier alpha value is -3.67. The largest absolute Gasteiger partial charge is 0.372 e. The van der Waals surface area contributed by atoms with Gasteiger partial charge in [-0.15, -0.1) is 0 Å². The third kappa shape index (κ3) is 4.27. The molecule has 6 nitrogen and oxygen atoms in total. The lowest BCUT2D eigenvalue weighted by molar-refractivity contribution is 0.866. The molecule has 6 heteroatoms. The molecule has 0 spiro atoms. The van der Waals surface area contributed by atoms with E-state index in [-0.39, 0.29) is 0 Å². The number of hydrogen-bond donors (Lipinski definition) is 2. The molecule has 0 saturated heterocycles. The summed E-state index contributed by atoms with van der Waals surface area (Å²) in [6.07, 6.45) is 3.34. The molecular formula is C23H24N6. The second-order valence-electron chi connectivity index (χ2n) is 6.64. The van der Waals surface area contributed by atoms with Crippen molar-refractivity contribution in [3.8, 4) is 0 Å². The minimum absolute atomic E-state index is 0.709. The van der Waals surface area contributed by atoms with Crippen LogP contribution in [0.1, 0.15) is 13.8 Å². The second-order valence-corrected chi connectivity index (χ2v) is 6.64. The third-order valence-electron chi connectivity index (χ3n) is 4.83. The van der Waals surface area contributed by atoms with E-state index in [9.17, 15) is 0 Å². The van der Waals surface area contributed by atoms with Crippen LogP contribution in [0.25, 0.3) is 10.9 Å². The van der Waals surface area contributed by atoms with E-state index in [1.807, 2.05) is 36.4 Å². The summed E-state index contributed by atoms with van der Waals surface area (Å²) in [5.41, 5.74) is 4.03. The average molecular weight is 384 g/mol. The van der Waals surface area contributed by atoms with Gasteiger partial charge in [-0.25, -0.2) is 9.97 Å². The highest BCUT2D eigenvalue weighted by atomic mass is 15.1. The van der Waals surface area contributed by atoms with Crippen molar-refractivity contribution in [1.29, 1.82) is 0 Å². The van der Waals surface area contributed by atoms with Crippen molar-refractivity contribution in [3.05, 3.63) is 73.2 Å². The smallest absolute Gasteiger partial charge is 0.135 e. The van der Waals surface area contributed by atoms with E-state index < -0.39 is 0 Å². The van der Waals surface area contributed by atoms with Crippen LogP contribution in [0.5, 0.6) is 0 Å². The van der Waals surface area contributed by atoms with Crippen LogP contribution in [0.3, 0.4) is 0 Å². The molecule has 0 atom stereocenters. The maximum absolute atomic E-state index is 4.48. The fourth-order valence-electron chi connectivity index (χ4n) is 3.33. The van der Waals surface area contributed by atoms with Gasteiger partial charge in [0.2, 0.25) is 0 Å². The zero-order valence-corrected chi connectivity index (χ0v) is 16.6. The number of nitrogens with zero attached hydrogens (tertiary/aromatic N) is 4. The minimum Gasteiger partial charge on any atom is -0.372 e. The molecule has 4 aromatic rings. The fraction of sp³-hybridized carbons (Fsp3) is 0.174. The first-order valence-electron chi connectivity index (χ1n) is 9.81. The molecule has 0 saturated carbocycles. The molecular weight excluding hydrogens is 360 g/mol. The number of pyridine rings is 1. The van der Waals surface area contributed by atoms with Gasteiger partial charge in [-0.05, 0) is 50.2 Å². The minimum atomic E-state index is 0.709. The number of nitrogens with one attached hydrogen (secondary N) is 2. The molecule has 0 amide bonds. The third-order valence-corrected chi connectivity index (χ3v) is 4.83. The van der Waals surface area contributed by atoms with Gasteiger partial charge in [-0.3, -0.25) is 4.98 Å². The van der Waals surface area contributed by atoms with Crippen molar-refractivity contribution in [3.63, 3.8) is 0 Å². The highest BCUT2D eigenvalue weighted by molar-refractivity contribution is 5.91. The number of aromatic nitrogens is 3. The Labute approximate surface area is 170 Å². The lowest BCUT2D eigenvalue weighted by atomic mass is 10.2. The number of benzene rings is 2. The summed E-state index contributed by atoms with van der Waals surface area (Å²) in [6.45, 7) is 6.31. The molecule has 2 N–H and O–H groups in total. The van der Waals surface area contributed by atoms with Gasteiger partial charge in [-0.2, -0.15) is 0 Å². The monoisotopic (exact) mass is 384 g/mol. The Morgan fingerprint density at radius 2 is 1.52 bits per heavy atom. The predicted molar refractivity (Wildman–Crippen MR) is 120 cm³/mol. The van der Waals surface area contributed by atoms with Crippen LogP contribution in [0.15, 0.2) is 73.2 Å². The summed E-state index contributed by atoms with van der Waals surface area (Å²) >= 11 is 0. The van der Waals surface area contributed by atoms with E-state index in [0.717, 1.165) is 41.2 Å². The molecule has 2 heterocycles. The maximum Gasteiger partial charge on any atom is 0.135 e. The molecule has 0 radical (unpaired) electrons. The number of fused-ring (bicyclic) bond motifs is 1. The van der Waals surface area contributed by atoms with Crippen molar-refractivity contribution in [2.45, 2.75) is 13.8 Å². The summed E-state index contributed by atoms with van der Waals surface area (Å²) in [6, 6.07) is 20.3. The second kappa shape index (κ2) is 8.56. The zero-order chi connectivity index (χ0) is 20.1. The van der Waals surface area contributed by atoms with E-state index in [4.69, 9.17) is 0 Å². The molecule has 4 rings (SSSR count). The lowest BCUT2D eigenvalue weighted by Crippen LogP contribution is -2.21. The first-order valence-corrected chi connectivity index (χ1v) is 9.81. The Morgan fingerprint density at radius 1 is 0.793 bits per heavy atom. The van der Waals surface area contributed by atoms with Crippen LogP contribution in [-0.4, -0.2) is 28.0 Å². The summed E-state index contributed by atoms with van der Waals surface area (Å²) in [5, 5.41) is 7.78. The molecule has 2 aromatic heterocycles. The number of anilines is 5. The van der Waals surface area contributed by atoms with E-state index in [2.05, 4.69) is 68.6 Å². The highest BCUT2D eigenvalue weighted by Gasteiger charge is 2.06. The number of rotatable bonds is 7. The lowest BCUT2D eigenvalue weighted by Gasteiger charge is -2.21. The van der Waals surface area contributed by atoms with Crippen LogP contribution >= 0.6 is 0 Å². The van der Waals surface area contributed by atoms with Crippen molar-refractivity contribution < 1.29 is 0 Å². The van der Waals surface area contributed by atoms with Gasteiger partial charge >= 0.3 is 0 Å². The summed E-state index contributed by atoms with van der Waals surface area (Å²) in [5.74, 6) is 1.44. The standard InChI is InChI=1S/C23H24N6/c1-3-29(4-2)19-12-10-18(11-13-19)27-21-15-22(26-16-25-21)28-20-9-5-7-17-8-6-14-24-23(17)20/h5-16H,3-4H2,1-2H3,(H2,25,26,27,28). The molecule has 0 aliphatic carbocycles. The SMILES string of the molecule is CCN(CC)c1ccc(Nc2cc(Nc3cccc4cccnc34)ncn2)cc1. The van der Waals surface area contributed by atoms with Gasteiger partial charge in [0, 0.05) is 42.1 Å². The van der Waals surface area contributed by atoms with Crippen LogP contribution < -0.4 is 15.5 Å². The molecule has 2 aromatic carbocycles. The molecule has 0 fully saturated rings. The Morgan fingerprint density at radius 3 is 2.28 bits per heavy atom. The molecule has 0 aliphatic rings. The Balaban J connectivity index is 1.52. The zero-order valence-electron chi connectivity index (χ0n) is 16.6. The Bertz CT molecular complexity index is 1080. The van der Waals surface area contributed by atoms with Gasteiger partial charge in [0.05, 0.1) is 11.2 Å². The number of para-hydroxylation sites is 1. The van der Waals surface area contributed by atoms with E-state index in [0.29, 0.717) is 5.82 Å². The van der Waals surface area contributed by atoms with Crippen molar-refractivity contribution in [1.82, 2.24) is 15.0 Å². The van der Waals surface area contributed by atoms with E-state index in [1.165, 1.54) is 5.69 Å². The predicted octanol–water partition coefficient (Wildman–Crippen LogP) is 5.36. The average Bonchev–Trinajstić information content (AvgIpc) is 2.76. The maximum atomic E-state index is 4.48. The van der Waals surface area contributed by atoms with Crippen LogP contribution in [0.2, 0.25) is 0 Å². The van der Waals surface area contributed by atoms with Gasteiger partial charge in [-0.1, -0.05) is 18.2 Å². The van der Waals surface area contributed by atoms with Crippen molar-refractivity contribution in [2.75, 3.05) is 28.6 Å².